The zero-order valence-electron chi connectivity index (χ0n) is 27.2. The predicted molar refractivity (Wildman–Crippen MR) is 173 cm³/mol. The highest BCUT2D eigenvalue weighted by Crippen LogP contribution is 2.29. The Balaban J connectivity index is 3.25. The van der Waals surface area contributed by atoms with Crippen LogP contribution in [0.25, 0.3) is 0 Å². The summed E-state index contributed by atoms with van der Waals surface area (Å²) in [6, 6.07) is 0. The Bertz CT molecular complexity index is 399. The lowest BCUT2D eigenvalue weighted by Crippen LogP contribution is -2.16. The Morgan fingerprint density at radius 3 is 0.703 bits per heavy atom. The lowest BCUT2D eigenvalue weighted by atomic mass is 9.80. The molecule has 0 aliphatic heterocycles. The van der Waals surface area contributed by atoms with Gasteiger partial charge in [-0.2, -0.15) is 0 Å². The Hall–Kier alpha value is 0. The van der Waals surface area contributed by atoms with Crippen LogP contribution in [-0.2, 0) is 0 Å². The van der Waals surface area contributed by atoms with Crippen LogP contribution in [0.4, 0.5) is 0 Å². The molecular formula is C37H76. The molecule has 37 heavy (non-hydrogen) atoms. The highest BCUT2D eigenvalue weighted by atomic mass is 14.2. The van der Waals surface area contributed by atoms with Gasteiger partial charge in [0.15, 0.2) is 0 Å². The van der Waals surface area contributed by atoms with Crippen molar-refractivity contribution in [2.24, 2.45) is 17.8 Å². The first-order valence-corrected chi connectivity index (χ1v) is 18.1. The molecule has 0 aromatic carbocycles. The summed E-state index contributed by atoms with van der Waals surface area (Å²) in [5.74, 6) is 2.73. The van der Waals surface area contributed by atoms with E-state index in [1.807, 2.05) is 0 Å². The lowest BCUT2D eigenvalue weighted by Gasteiger charge is -2.26. The van der Waals surface area contributed by atoms with E-state index in [1.54, 1.807) is 0 Å². The maximum absolute atomic E-state index is 2.52. The summed E-state index contributed by atoms with van der Waals surface area (Å²) >= 11 is 0. The van der Waals surface area contributed by atoms with Crippen LogP contribution in [0.15, 0.2) is 0 Å². The first-order chi connectivity index (χ1) is 18.1. The van der Waals surface area contributed by atoms with Crippen molar-refractivity contribution in [3.63, 3.8) is 0 Å². The smallest absolute Gasteiger partial charge is 0.0391 e. The summed E-state index contributed by atoms with van der Waals surface area (Å²) in [6.45, 7) is 12.2. The van der Waals surface area contributed by atoms with Gasteiger partial charge in [0.1, 0.15) is 0 Å². The minimum atomic E-state index is 0.904. The van der Waals surface area contributed by atoms with Crippen LogP contribution in [0.5, 0.6) is 0 Å². The van der Waals surface area contributed by atoms with Gasteiger partial charge in [-0.3, -0.25) is 0 Å². The molecule has 0 aliphatic rings. The summed E-state index contributed by atoms with van der Waals surface area (Å²) < 4.78 is 0. The van der Waals surface area contributed by atoms with Crippen molar-refractivity contribution < 1.29 is 0 Å². The van der Waals surface area contributed by atoms with Gasteiger partial charge >= 0.3 is 0 Å². The molecule has 0 aliphatic carbocycles. The Morgan fingerprint density at radius 2 is 0.459 bits per heavy atom. The van der Waals surface area contributed by atoms with Gasteiger partial charge in [-0.1, -0.05) is 221 Å². The molecule has 3 unspecified atom stereocenters. The van der Waals surface area contributed by atoms with Gasteiger partial charge in [-0.25, -0.2) is 0 Å². The first kappa shape index (κ1) is 37.0. The predicted octanol–water partition coefficient (Wildman–Crippen LogP) is 14.2. The van der Waals surface area contributed by atoms with Gasteiger partial charge in [-0.05, 0) is 17.8 Å². The van der Waals surface area contributed by atoms with E-state index in [0.717, 1.165) is 17.8 Å². The molecule has 0 nitrogen and oxygen atoms in total. The van der Waals surface area contributed by atoms with Gasteiger partial charge in [-0.15, -0.1) is 0 Å². The van der Waals surface area contributed by atoms with E-state index in [1.165, 1.54) is 186 Å². The van der Waals surface area contributed by atoms with Crippen LogP contribution in [0.2, 0.25) is 0 Å². The third-order valence-electron chi connectivity index (χ3n) is 9.57. The molecule has 3 atom stereocenters. The Morgan fingerprint density at radius 1 is 0.270 bits per heavy atom. The second kappa shape index (κ2) is 30.5. The maximum atomic E-state index is 2.52. The van der Waals surface area contributed by atoms with E-state index < -0.39 is 0 Å². The van der Waals surface area contributed by atoms with Gasteiger partial charge in [0, 0.05) is 0 Å². The molecule has 0 N–H and O–H groups in total. The van der Waals surface area contributed by atoms with Crippen LogP contribution in [-0.4, -0.2) is 0 Å². The van der Waals surface area contributed by atoms with Gasteiger partial charge in [0.05, 0.1) is 0 Å². The second-order valence-corrected chi connectivity index (χ2v) is 13.2. The highest BCUT2D eigenvalue weighted by Gasteiger charge is 2.18. The quantitative estimate of drug-likeness (QED) is 0.0797. The van der Waals surface area contributed by atoms with Gasteiger partial charge in [0.25, 0.3) is 0 Å². The fourth-order valence-corrected chi connectivity index (χ4v) is 6.23. The first-order valence-electron chi connectivity index (χ1n) is 18.1. The topological polar surface area (TPSA) is 0 Å². The molecule has 0 saturated heterocycles. The average molecular weight is 521 g/mol. The standard InChI is InChI=1S/C37H76/c1-6-8-10-12-13-14-15-16-17-18-19-20-21-22-23-24-25-26-27-28-29-30-32-34-36(4)37(5)35(3)33-31-11-9-7-2/h35-37H,6-34H2,1-5H3. The Labute approximate surface area is 238 Å². The number of rotatable bonds is 31. The molecule has 0 heterocycles. The highest BCUT2D eigenvalue weighted by molar-refractivity contribution is 4.69. The lowest BCUT2D eigenvalue weighted by molar-refractivity contribution is 0.244. The Kier molecular flexibility index (Phi) is 30.5. The molecule has 0 fully saturated rings. The molecule has 0 aromatic heterocycles. The summed E-state index contributed by atoms with van der Waals surface area (Å²) in [7, 11) is 0. The molecule has 0 heteroatoms. The van der Waals surface area contributed by atoms with E-state index in [0.29, 0.717) is 0 Å². The van der Waals surface area contributed by atoms with E-state index in [-0.39, 0.29) is 0 Å². The third kappa shape index (κ3) is 27.4. The van der Waals surface area contributed by atoms with Crippen LogP contribution in [0.3, 0.4) is 0 Å². The second-order valence-electron chi connectivity index (χ2n) is 13.2. The molecule has 0 bridgehead atoms. The van der Waals surface area contributed by atoms with E-state index >= 15 is 0 Å². The fourth-order valence-electron chi connectivity index (χ4n) is 6.23. The molecule has 0 radical (unpaired) electrons. The largest absolute Gasteiger partial charge is 0.0654 e. The van der Waals surface area contributed by atoms with E-state index in [2.05, 4.69) is 34.6 Å². The molecule has 0 aromatic rings. The minimum absolute atomic E-state index is 0.904. The third-order valence-corrected chi connectivity index (χ3v) is 9.57. The molecular weight excluding hydrogens is 444 g/mol. The SMILES string of the molecule is CCCCCCCCCCCCCCCCCCCCCCCCCC(C)C(C)C(C)CCCCCC. The zero-order chi connectivity index (χ0) is 27.2. The van der Waals surface area contributed by atoms with E-state index in [4.69, 9.17) is 0 Å². The monoisotopic (exact) mass is 521 g/mol. The summed E-state index contributed by atoms with van der Waals surface area (Å²) in [5, 5.41) is 0. The van der Waals surface area contributed by atoms with E-state index in [9.17, 15) is 0 Å². The molecule has 0 spiro atoms. The minimum Gasteiger partial charge on any atom is -0.0654 e. The number of unbranched alkanes of at least 4 members (excludes halogenated alkanes) is 25. The van der Waals surface area contributed by atoms with Crippen molar-refractivity contribution in [1.82, 2.24) is 0 Å². The van der Waals surface area contributed by atoms with Crippen molar-refractivity contribution >= 4 is 0 Å². The molecule has 0 saturated carbocycles. The van der Waals surface area contributed by atoms with Crippen molar-refractivity contribution in [3.05, 3.63) is 0 Å². The zero-order valence-corrected chi connectivity index (χ0v) is 27.2. The summed E-state index contributed by atoms with van der Waals surface area (Å²) in [5.41, 5.74) is 0. The van der Waals surface area contributed by atoms with Crippen molar-refractivity contribution in [2.75, 3.05) is 0 Å². The van der Waals surface area contributed by atoms with Crippen molar-refractivity contribution in [1.29, 1.82) is 0 Å². The van der Waals surface area contributed by atoms with Crippen molar-refractivity contribution in [3.8, 4) is 0 Å². The van der Waals surface area contributed by atoms with Crippen molar-refractivity contribution in [2.45, 2.75) is 221 Å². The number of hydrogen-bond acceptors (Lipinski definition) is 0. The molecule has 224 valence electrons. The van der Waals surface area contributed by atoms with Crippen LogP contribution in [0.1, 0.15) is 221 Å². The normalized spacial score (nSPS) is 14.2. The summed E-state index contributed by atoms with van der Waals surface area (Å²) in [6.07, 6.45) is 42.6. The van der Waals surface area contributed by atoms with Gasteiger partial charge in [0.2, 0.25) is 0 Å². The molecule has 0 rings (SSSR count). The number of hydrogen-bond donors (Lipinski definition) is 0. The average Bonchev–Trinajstić information content (AvgIpc) is 2.90. The van der Waals surface area contributed by atoms with Crippen LogP contribution < -0.4 is 0 Å². The fraction of sp³-hybridized carbons (Fsp3) is 1.00. The molecule has 0 amide bonds. The van der Waals surface area contributed by atoms with Crippen LogP contribution in [0, 0.1) is 17.8 Å². The van der Waals surface area contributed by atoms with Crippen LogP contribution >= 0.6 is 0 Å². The maximum Gasteiger partial charge on any atom is -0.0391 e. The summed E-state index contributed by atoms with van der Waals surface area (Å²) in [4.78, 5) is 0. The van der Waals surface area contributed by atoms with Gasteiger partial charge < -0.3 is 0 Å².